The molecule has 1 amide bonds. The highest BCUT2D eigenvalue weighted by molar-refractivity contribution is 8.00. The van der Waals surface area contributed by atoms with Crippen LogP contribution in [0.5, 0.6) is 0 Å². The van der Waals surface area contributed by atoms with Crippen molar-refractivity contribution in [1.29, 1.82) is 0 Å². The molecule has 29 heavy (non-hydrogen) atoms. The first-order chi connectivity index (χ1) is 14.2. The third-order valence-electron chi connectivity index (χ3n) is 4.96. The number of aromatic nitrogens is 2. The van der Waals surface area contributed by atoms with Crippen molar-refractivity contribution in [3.8, 4) is 11.5 Å². The second kappa shape index (κ2) is 9.24. The molecule has 2 heterocycles. The molecule has 0 saturated carbocycles. The number of piperazine rings is 1. The summed E-state index contributed by atoms with van der Waals surface area (Å²) in [6.07, 6.45) is 0. The molecule has 1 aliphatic rings. The topological polar surface area (TPSA) is 62.5 Å². The summed E-state index contributed by atoms with van der Waals surface area (Å²) in [7, 11) is 0. The van der Waals surface area contributed by atoms with Gasteiger partial charge in [0.15, 0.2) is 5.82 Å². The van der Waals surface area contributed by atoms with Gasteiger partial charge in [-0.25, -0.2) is 0 Å². The molecule has 150 valence electrons. The van der Waals surface area contributed by atoms with E-state index in [4.69, 9.17) is 4.52 Å². The van der Waals surface area contributed by atoms with E-state index in [9.17, 15) is 4.79 Å². The maximum Gasteiger partial charge on any atom is 0.257 e. The molecule has 6 nitrogen and oxygen atoms in total. The van der Waals surface area contributed by atoms with E-state index in [-0.39, 0.29) is 5.91 Å². The fourth-order valence-corrected chi connectivity index (χ4v) is 4.06. The standard InChI is InChI=1S/C22H24N4O2S/c1-17-7-9-18(10-8-17)22-23-20(24-28-22)15-25-11-13-26(14-12-25)21(27)16-29-19-5-3-2-4-6-19/h2-10H,11-16H2,1H3. The Labute approximate surface area is 174 Å². The van der Waals surface area contributed by atoms with Gasteiger partial charge in [0.05, 0.1) is 12.3 Å². The average Bonchev–Trinajstić information content (AvgIpc) is 3.22. The largest absolute Gasteiger partial charge is 0.339 e. The van der Waals surface area contributed by atoms with Crippen LogP contribution in [0, 0.1) is 6.92 Å². The van der Waals surface area contributed by atoms with E-state index in [0.29, 0.717) is 24.0 Å². The molecule has 2 aromatic carbocycles. The van der Waals surface area contributed by atoms with E-state index in [1.54, 1.807) is 11.8 Å². The van der Waals surface area contributed by atoms with E-state index in [2.05, 4.69) is 15.0 Å². The summed E-state index contributed by atoms with van der Waals surface area (Å²) in [6.45, 7) is 5.78. The zero-order chi connectivity index (χ0) is 20.1. The Morgan fingerprint density at radius 1 is 1.03 bits per heavy atom. The highest BCUT2D eigenvalue weighted by Gasteiger charge is 2.22. The van der Waals surface area contributed by atoms with Crippen molar-refractivity contribution in [2.24, 2.45) is 0 Å². The summed E-state index contributed by atoms with van der Waals surface area (Å²) in [5.41, 5.74) is 2.13. The molecular formula is C22H24N4O2S. The van der Waals surface area contributed by atoms with Gasteiger partial charge >= 0.3 is 0 Å². The van der Waals surface area contributed by atoms with Crippen LogP contribution in [0.2, 0.25) is 0 Å². The lowest BCUT2D eigenvalue weighted by atomic mass is 10.1. The van der Waals surface area contributed by atoms with Crippen LogP contribution in [-0.4, -0.2) is 57.8 Å². The number of hydrogen-bond donors (Lipinski definition) is 0. The fraction of sp³-hybridized carbons (Fsp3) is 0.318. The molecule has 0 spiro atoms. The van der Waals surface area contributed by atoms with E-state index in [0.717, 1.165) is 36.6 Å². The Kier molecular flexibility index (Phi) is 6.27. The van der Waals surface area contributed by atoms with Crippen LogP contribution >= 0.6 is 11.8 Å². The number of thioether (sulfide) groups is 1. The molecule has 4 rings (SSSR count). The van der Waals surface area contributed by atoms with Crippen LogP contribution in [0.1, 0.15) is 11.4 Å². The van der Waals surface area contributed by atoms with Gasteiger partial charge in [0, 0.05) is 36.6 Å². The van der Waals surface area contributed by atoms with Crippen molar-refractivity contribution in [1.82, 2.24) is 19.9 Å². The third kappa shape index (κ3) is 5.25. The van der Waals surface area contributed by atoms with E-state index >= 15 is 0 Å². The molecule has 0 radical (unpaired) electrons. The van der Waals surface area contributed by atoms with Crippen molar-refractivity contribution in [2.75, 3.05) is 31.9 Å². The molecule has 3 aromatic rings. The summed E-state index contributed by atoms with van der Waals surface area (Å²) >= 11 is 1.59. The molecule has 1 aliphatic heterocycles. The number of nitrogens with zero attached hydrogens (tertiary/aromatic N) is 4. The lowest BCUT2D eigenvalue weighted by molar-refractivity contribution is -0.130. The van der Waals surface area contributed by atoms with Crippen LogP contribution in [0.25, 0.3) is 11.5 Å². The number of carbonyl (C=O) groups excluding carboxylic acids is 1. The summed E-state index contributed by atoms with van der Waals surface area (Å²) in [4.78, 5) is 22.3. The number of rotatable bonds is 6. The van der Waals surface area contributed by atoms with Crippen molar-refractivity contribution in [3.63, 3.8) is 0 Å². The number of hydrogen-bond acceptors (Lipinski definition) is 6. The smallest absolute Gasteiger partial charge is 0.257 e. The molecule has 7 heteroatoms. The second-order valence-corrected chi connectivity index (χ2v) is 8.19. The van der Waals surface area contributed by atoms with E-state index in [1.165, 1.54) is 5.56 Å². The van der Waals surface area contributed by atoms with Crippen molar-refractivity contribution >= 4 is 17.7 Å². The Morgan fingerprint density at radius 3 is 2.48 bits per heavy atom. The zero-order valence-corrected chi connectivity index (χ0v) is 17.3. The molecule has 1 fully saturated rings. The van der Waals surface area contributed by atoms with Crippen LogP contribution in [0.15, 0.2) is 64.0 Å². The van der Waals surface area contributed by atoms with Crippen molar-refractivity contribution < 1.29 is 9.32 Å². The monoisotopic (exact) mass is 408 g/mol. The minimum absolute atomic E-state index is 0.194. The first-order valence-electron chi connectivity index (χ1n) is 9.75. The molecule has 1 aromatic heterocycles. The van der Waals surface area contributed by atoms with Crippen LogP contribution < -0.4 is 0 Å². The molecule has 0 N–H and O–H groups in total. The number of benzene rings is 2. The highest BCUT2D eigenvalue weighted by atomic mass is 32.2. The summed E-state index contributed by atoms with van der Waals surface area (Å²) in [6, 6.07) is 18.1. The fourth-order valence-electron chi connectivity index (χ4n) is 3.24. The normalized spacial score (nSPS) is 14.9. The SMILES string of the molecule is Cc1ccc(-c2nc(CN3CCN(C(=O)CSc4ccccc4)CC3)no2)cc1. The predicted molar refractivity (Wildman–Crippen MR) is 113 cm³/mol. The first kappa shape index (κ1) is 19.7. The number of aryl methyl sites for hydroxylation is 1. The summed E-state index contributed by atoms with van der Waals surface area (Å²) in [5.74, 6) is 1.90. The van der Waals surface area contributed by atoms with Gasteiger partial charge in [-0.1, -0.05) is 41.1 Å². The Hall–Kier alpha value is -2.64. The maximum atomic E-state index is 12.5. The van der Waals surface area contributed by atoms with Gasteiger partial charge < -0.3 is 9.42 Å². The molecule has 0 aliphatic carbocycles. The van der Waals surface area contributed by atoms with Gasteiger partial charge in [-0.3, -0.25) is 9.69 Å². The third-order valence-corrected chi connectivity index (χ3v) is 5.96. The Morgan fingerprint density at radius 2 is 1.76 bits per heavy atom. The van der Waals surface area contributed by atoms with Crippen LogP contribution in [0.3, 0.4) is 0 Å². The Balaban J connectivity index is 1.25. The maximum absolute atomic E-state index is 12.5. The first-order valence-corrected chi connectivity index (χ1v) is 10.7. The lowest BCUT2D eigenvalue weighted by Crippen LogP contribution is -2.48. The minimum Gasteiger partial charge on any atom is -0.339 e. The van der Waals surface area contributed by atoms with Crippen LogP contribution in [0.4, 0.5) is 0 Å². The zero-order valence-electron chi connectivity index (χ0n) is 16.5. The van der Waals surface area contributed by atoms with Gasteiger partial charge in [0.25, 0.3) is 5.89 Å². The molecular weight excluding hydrogens is 384 g/mol. The summed E-state index contributed by atoms with van der Waals surface area (Å²) < 4.78 is 5.41. The molecule has 0 atom stereocenters. The van der Waals surface area contributed by atoms with Crippen molar-refractivity contribution in [3.05, 3.63) is 66.0 Å². The predicted octanol–water partition coefficient (Wildman–Crippen LogP) is 3.48. The van der Waals surface area contributed by atoms with E-state index in [1.807, 2.05) is 66.4 Å². The van der Waals surface area contributed by atoms with Gasteiger partial charge in [-0.05, 0) is 31.2 Å². The lowest BCUT2D eigenvalue weighted by Gasteiger charge is -2.34. The second-order valence-electron chi connectivity index (χ2n) is 7.14. The molecule has 0 unspecified atom stereocenters. The van der Waals surface area contributed by atoms with Gasteiger partial charge in [-0.2, -0.15) is 4.98 Å². The van der Waals surface area contributed by atoms with Gasteiger partial charge in [-0.15, -0.1) is 11.8 Å². The minimum atomic E-state index is 0.194. The van der Waals surface area contributed by atoms with Crippen LogP contribution in [-0.2, 0) is 11.3 Å². The van der Waals surface area contributed by atoms with Crippen molar-refractivity contribution in [2.45, 2.75) is 18.4 Å². The number of amides is 1. The van der Waals surface area contributed by atoms with Gasteiger partial charge in [0.2, 0.25) is 5.91 Å². The molecule has 0 bridgehead atoms. The van der Waals surface area contributed by atoms with Gasteiger partial charge in [0.1, 0.15) is 0 Å². The highest BCUT2D eigenvalue weighted by Crippen LogP contribution is 2.19. The average molecular weight is 409 g/mol. The quantitative estimate of drug-likeness (QED) is 0.582. The van der Waals surface area contributed by atoms with E-state index < -0.39 is 0 Å². The number of carbonyl (C=O) groups is 1. The summed E-state index contributed by atoms with van der Waals surface area (Å²) in [5, 5.41) is 4.11. The molecule has 1 saturated heterocycles. The Bertz CT molecular complexity index is 935.